The van der Waals surface area contributed by atoms with Gasteiger partial charge < -0.3 is 9.47 Å². The molecule has 2 aliphatic heterocycles. The lowest BCUT2D eigenvalue weighted by molar-refractivity contribution is -0.243. The average Bonchev–Trinajstić information content (AvgIpc) is 3.28. The van der Waals surface area contributed by atoms with E-state index in [9.17, 15) is 9.59 Å². The van der Waals surface area contributed by atoms with Gasteiger partial charge in [-0.05, 0) is 80.1 Å². The van der Waals surface area contributed by atoms with Crippen LogP contribution >= 0.6 is 0 Å². The molecule has 0 aromatic rings. The minimum atomic E-state index is -0.878. The average molecular weight is 467 g/mol. The minimum absolute atomic E-state index is 0.00874. The lowest BCUT2D eigenvalue weighted by Gasteiger charge is -2.64. The molecule has 0 radical (unpaired) electrons. The van der Waals surface area contributed by atoms with Crippen LogP contribution in [0.15, 0.2) is 23.3 Å². The molecule has 1 saturated heterocycles. The molecule has 186 valence electrons. The molecular weight excluding hydrogens is 424 g/mol. The molecule has 0 unspecified atom stereocenters. The van der Waals surface area contributed by atoms with Crippen molar-refractivity contribution < 1.29 is 19.1 Å². The molecule has 3 saturated carbocycles. The Labute approximate surface area is 204 Å². The predicted octanol–water partition coefficient (Wildman–Crippen LogP) is 6.54. The number of fused-ring (bicyclic) bond motifs is 6. The van der Waals surface area contributed by atoms with Crippen molar-refractivity contribution in [1.82, 2.24) is 0 Å². The van der Waals surface area contributed by atoms with Gasteiger partial charge in [-0.1, -0.05) is 53.2 Å². The summed E-state index contributed by atoms with van der Waals surface area (Å²) in [6.45, 7) is 16.0. The highest BCUT2D eigenvalue weighted by molar-refractivity contribution is 5.90. The Balaban J connectivity index is 1.40. The van der Waals surface area contributed by atoms with E-state index < -0.39 is 5.79 Å². The van der Waals surface area contributed by atoms with Gasteiger partial charge in [0.1, 0.15) is 5.78 Å². The van der Waals surface area contributed by atoms with Crippen molar-refractivity contribution in [2.75, 3.05) is 0 Å². The molecule has 4 aliphatic carbocycles. The normalized spacial score (nSPS) is 53.3. The monoisotopic (exact) mass is 466 g/mol. The van der Waals surface area contributed by atoms with Crippen molar-refractivity contribution in [2.24, 2.45) is 39.4 Å². The fraction of sp³-hybridized carbons (Fsp3) is 0.800. The summed E-state index contributed by atoms with van der Waals surface area (Å²) in [5, 5.41) is 0. The number of ketones is 1. The maximum absolute atomic E-state index is 12.9. The molecule has 34 heavy (non-hydrogen) atoms. The molecule has 4 fully saturated rings. The van der Waals surface area contributed by atoms with Gasteiger partial charge in [0.2, 0.25) is 5.79 Å². The van der Waals surface area contributed by atoms with E-state index >= 15 is 0 Å². The largest absolute Gasteiger partial charge is 0.426 e. The highest BCUT2D eigenvalue weighted by Crippen LogP contribution is 2.76. The van der Waals surface area contributed by atoms with Gasteiger partial charge in [0, 0.05) is 29.2 Å². The van der Waals surface area contributed by atoms with Crippen LogP contribution in [0.5, 0.6) is 0 Å². The Morgan fingerprint density at radius 2 is 1.74 bits per heavy atom. The van der Waals surface area contributed by atoms with Gasteiger partial charge in [-0.2, -0.15) is 0 Å². The van der Waals surface area contributed by atoms with Crippen molar-refractivity contribution in [3.63, 3.8) is 0 Å². The molecule has 8 atom stereocenters. The molecule has 0 bridgehead atoms. The van der Waals surface area contributed by atoms with Gasteiger partial charge >= 0.3 is 5.97 Å². The quantitative estimate of drug-likeness (QED) is 0.300. The number of carbonyl (C=O) groups excluding carboxylic acids is 2. The topological polar surface area (TPSA) is 52.6 Å². The zero-order chi connectivity index (χ0) is 24.5. The maximum Gasteiger partial charge on any atom is 0.336 e. The standard InChI is InChI=1S/C30H42O4/c1-18-16-29(33-24(18)32)17-19(2)30(34-29)15-14-27(6)21-8-9-22-25(3,4)23(31)11-12-26(22,5)20(21)10-13-28(27,30)7/h8,16,19-20,22H,9-15,17H2,1-7H3/t19-,20-,22+,26-,27+,28+,29+,30+/m1/s1. The van der Waals surface area contributed by atoms with E-state index in [1.807, 2.05) is 13.0 Å². The van der Waals surface area contributed by atoms with Crippen LogP contribution in [0.1, 0.15) is 99.8 Å². The Morgan fingerprint density at radius 1 is 1.00 bits per heavy atom. The zero-order valence-corrected chi connectivity index (χ0v) is 22.2. The van der Waals surface area contributed by atoms with Gasteiger partial charge in [-0.15, -0.1) is 0 Å². The first kappa shape index (κ1) is 23.0. The predicted molar refractivity (Wildman–Crippen MR) is 131 cm³/mol. The molecule has 6 rings (SSSR count). The number of hydrogen-bond donors (Lipinski definition) is 0. The van der Waals surface area contributed by atoms with Crippen LogP contribution < -0.4 is 0 Å². The summed E-state index contributed by atoms with van der Waals surface area (Å²) in [5.74, 6) is 0.633. The third-order valence-corrected chi connectivity index (χ3v) is 12.5. The maximum atomic E-state index is 12.9. The first-order valence-corrected chi connectivity index (χ1v) is 13.6. The molecule has 0 amide bonds. The number of rotatable bonds is 0. The van der Waals surface area contributed by atoms with Crippen molar-refractivity contribution >= 4 is 11.8 Å². The van der Waals surface area contributed by atoms with Gasteiger partial charge in [0.15, 0.2) is 0 Å². The van der Waals surface area contributed by atoms with Crippen LogP contribution in [0.25, 0.3) is 0 Å². The highest BCUT2D eigenvalue weighted by atomic mass is 16.7. The fourth-order valence-corrected chi connectivity index (χ4v) is 10.4. The number of Topliss-reactive ketones (excluding diaryl/α,β-unsaturated/α-hetero) is 1. The first-order chi connectivity index (χ1) is 15.7. The number of ether oxygens (including phenoxy) is 2. The molecule has 2 heterocycles. The van der Waals surface area contributed by atoms with Crippen LogP contribution in [-0.2, 0) is 19.1 Å². The summed E-state index contributed by atoms with van der Waals surface area (Å²) in [4.78, 5) is 25.2. The third kappa shape index (κ3) is 2.40. The van der Waals surface area contributed by atoms with Crippen LogP contribution in [0.3, 0.4) is 0 Å². The van der Waals surface area contributed by atoms with E-state index in [1.54, 1.807) is 5.57 Å². The number of hydrogen-bond acceptors (Lipinski definition) is 4. The molecule has 6 aliphatic rings. The molecule has 4 heteroatoms. The SMILES string of the molecule is CC1=C[C@]2(C[C@@H](C)[C@]3(CC[C@@]4(C)C5=CC[C@H]6C(C)(C)C(=O)CC[C@]6(C)[C@@H]5CC[C@@]43C)O2)OC1=O. The lowest BCUT2D eigenvalue weighted by atomic mass is 9.40. The molecular formula is C30H42O4. The van der Waals surface area contributed by atoms with E-state index in [4.69, 9.17) is 9.47 Å². The second-order valence-electron chi connectivity index (χ2n) is 14.0. The molecule has 0 aromatic heterocycles. The van der Waals surface area contributed by atoms with Gasteiger partial charge in [0.05, 0.1) is 5.60 Å². The van der Waals surface area contributed by atoms with Crippen LogP contribution in [-0.4, -0.2) is 23.1 Å². The highest BCUT2D eigenvalue weighted by Gasteiger charge is 2.75. The molecule has 0 N–H and O–H groups in total. The summed E-state index contributed by atoms with van der Waals surface area (Å²) in [5.41, 5.74) is 2.04. The summed E-state index contributed by atoms with van der Waals surface area (Å²) < 4.78 is 12.9. The van der Waals surface area contributed by atoms with Crippen molar-refractivity contribution in [3.05, 3.63) is 23.3 Å². The van der Waals surface area contributed by atoms with Gasteiger partial charge in [0.25, 0.3) is 0 Å². The molecule has 2 spiro atoms. The lowest BCUT2D eigenvalue weighted by Crippen LogP contribution is -2.60. The van der Waals surface area contributed by atoms with E-state index in [-0.39, 0.29) is 33.2 Å². The Hall–Kier alpha value is -1.42. The second-order valence-corrected chi connectivity index (χ2v) is 14.0. The van der Waals surface area contributed by atoms with E-state index in [0.717, 1.165) is 51.4 Å². The number of carbonyl (C=O) groups is 2. The van der Waals surface area contributed by atoms with Gasteiger partial charge in [-0.25, -0.2) is 4.79 Å². The second kappa shape index (κ2) is 6.47. The smallest absolute Gasteiger partial charge is 0.336 e. The van der Waals surface area contributed by atoms with Crippen LogP contribution in [0, 0.1) is 39.4 Å². The summed E-state index contributed by atoms with van der Waals surface area (Å²) in [7, 11) is 0. The summed E-state index contributed by atoms with van der Waals surface area (Å²) >= 11 is 0. The minimum Gasteiger partial charge on any atom is -0.426 e. The van der Waals surface area contributed by atoms with E-state index in [1.165, 1.54) is 0 Å². The fourth-order valence-electron chi connectivity index (χ4n) is 10.4. The van der Waals surface area contributed by atoms with Gasteiger partial charge in [-0.3, -0.25) is 4.79 Å². The van der Waals surface area contributed by atoms with Crippen LogP contribution in [0.4, 0.5) is 0 Å². The molecule has 4 nitrogen and oxygen atoms in total. The Bertz CT molecular complexity index is 1050. The van der Waals surface area contributed by atoms with Crippen LogP contribution in [0.2, 0.25) is 0 Å². The number of allylic oxidation sites excluding steroid dienone is 2. The van der Waals surface area contributed by atoms with Crippen molar-refractivity contribution in [3.8, 4) is 0 Å². The van der Waals surface area contributed by atoms with E-state index in [0.29, 0.717) is 29.1 Å². The van der Waals surface area contributed by atoms with Crippen molar-refractivity contribution in [2.45, 2.75) is 111 Å². The van der Waals surface area contributed by atoms with Crippen molar-refractivity contribution in [1.29, 1.82) is 0 Å². The Kier molecular flexibility index (Phi) is 4.38. The van der Waals surface area contributed by atoms with E-state index in [2.05, 4.69) is 47.6 Å². The molecule has 0 aromatic carbocycles. The Morgan fingerprint density at radius 3 is 2.41 bits per heavy atom. The first-order valence-electron chi connectivity index (χ1n) is 13.6. The summed E-state index contributed by atoms with van der Waals surface area (Å²) in [6.07, 6.45) is 12.4. The summed E-state index contributed by atoms with van der Waals surface area (Å²) in [6, 6.07) is 0. The number of esters is 1. The zero-order valence-electron chi connectivity index (χ0n) is 22.2. The third-order valence-electron chi connectivity index (χ3n) is 12.5.